The van der Waals surface area contributed by atoms with Gasteiger partial charge in [0.1, 0.15) is 5.65 Å². The smallest absolute Gasteiger partial charge is 0.137 e. The number of benzene rings is 1. The van der Waals surface area contributed by atoms with Crippen LogP contribution in [0.1, 0.15) is 11.1 Å². The number of H-pyrrole nitrogens is 1. The Kier molecular flexibility index (Phi) is 3.57. The predicted octanol–water partition coefficient (Wildman–Crippen LogP) is 4.93. The maximum absolute atomic E-state index is 4.66. The zero-order valence-corrected chi connectivity index (χ0v) is 15.4. The largest absolute Gasteiger partial charge is 0.376 e. The maximum atomic E-state index is 4.66. The van der Waals surface area contributed by atoms with Gasteiger partial charge in [0.15, 0.2) is 0 Å². The number of fused-ring (bicyclic) bond motifs is 2. The van der Waals surface area contributed by atoms with Crippen molar-refractivity contribution in [3.63, 3.8) is 0 Å². The van der Waals surface area contributed by atoms with Crippen molar-refractivity contribution >= 4 is 27.5 Å². The van der Waals surface area contributed by atoms with Gasteiger partial charge in [-0.05, 0) is 71.8 Å². The summed E-state index contributed by atoms with van der Waals surface area (Å²) in [6.07, 6.45) is 12.2. The highest BCUT2D eigenvalue weighted by atomic mass is 15.1. The standard InChI is InChI=1S/C23H20N4/c1-15-11-17(21-13-26-23-19(21)6-3-8-25-23)12-20-18(7-9-24-22(15)20)16-5-4-10-27(2)14-16/h3-13H,14H2,1-2H3,(H,25,26). The lowest BCUT2D eigenvalue weighted by Gasteiger charge is -2.21. The van der Waals surface area contributed by atoms with E-state index in [9.17, 15) is 0 Å². The molecule has 4 heterocycles. The number of nitrogens with one attached hydrogen (secondary N) is 1. The number of allylic oxidation sites excluding steroid dienone is 2. The molecule has 132 valence electrons. The van der Waals surface area contributed by atoms with Gasteiger partial charge < -0.3 is 9.88 Å². The maximum Gasteiger partial charge on any atom is 0.137 e. The third kappa shape index (κ3) is 2.61. The molecule has 1 aliphatic heterocycles. The Bertz CT molecular complexity index is 1230. The molecule has 0 saturated carbocycles. The van der Waals surface area contributed by atoms with Crippen LogP contribution >= 0.6 is 0 Å². The van der Waals surface area contributed by atoms with Gasteiger partial charge in [-0.1, -0.05) is 6.08 Å². The van der Waals surface area contributed by atoms with E-state index in [0.29, 0.717) is 0 Å². The summed E-state index contributed by atoms with van der Waals surface area (Å²) >= 11 is 0. The number of hydrogen-bond acceptors (Lipinski definition) is 3. The molecular weight excluding hydrogens is 332 g/mol. The number of nitrogens with zero attached hydrogens (tertiary/aromatic N) is 3. The van der Waals surface area contributed by atoms with Crippen LogP contribution in [0.15, 0.2) is 67.3 Å². The van der Waals surface area contributed by atoms with Crippen molar-refractivity contribution < 1.29 is 0 Å². The molecule has 0 amide bonds. The van der Waals surface area contributed by atoms with Crippen LogP contribution in [0.2, 0.25) is 0 Å². The van der Waals surface area contributed by atoms with E-state index in [-0.39, 0.29) is 0 Å². The Labute approximate surface area is 157 Å². The first-order valence-electron chi connectivity index (χ1n) is 9.10. The Morgan fingerprint density at radius 2 is 1.96 bits per heavy atom. The van der Waals surface area contributed by atoms with Crippen LogP contribution in [-0.2, 0) is 0 Å². The van der Waals surface area contributed by atoms with E-state index in [0.717, 1.165) is 23.1 Å². The summed E-state index contributed by atoms with van der Waals surface area (Å²) in [5.74, 6) is 0. The molecule has 1 aromatic carbocycles. The van der Waals surface area contributed by atoms with E-state index in [2.05, 4.69) is 76.4 Å². The second-order valence-corrected chi connectivity index (χ2v) is 7.10. The van der Waals surface area contributed by atoms with Crippen LogP contribution in [0.5, 0.6) is 0 Å². The lowest BCUT2D eigenvalue weighted by atomic mass is 9.94. The first-order valence-corrected chi connectivity index (χ1v) is 9.10. The fourth-order valence-corrected chi connectivity index (χ4v) is 3.92. The van der Waals surface area contributed by atoms with Crippen LogP contribution in [0.4, 0.5) is 0 Å². The highest BCUT2D eigenvalue weighted by Gasteiger charge is 2.14. The van der Waals surface area contributed by atoms with E-state index in [1.54, 1.807) is 0 Å². The van der Waals surface area contributed by atoms with Crippen molar-refractivity contribution in [3.8, 4) is 11.1 Å². The fraction of sp³-hybridized carbons (Fsp3) is 0.130. The van der Waals surface area contributed by atoms with Gasteiger partial charge in [-0.3, -0.25) is 4.98 Å². The van der Waals surface area contributed by atoms with E-state index in [1.807, 2.05) is 24.7 Å². The molecule has 0 radical (unpaired) electrons. The summed E-state index contributed by atoms with van der Waals surface area (Å²) in [7, 11) is 2.10. The molecular formula is C23H20N4. The summed E-state index contributed by atoms with van der Waals surface area (Å²) in [5, 5.41) is 2.34. The average Bonchev–Trinajstić information content (AvgIpc) is 3.12. The molecule has 1 aliphatic rings. The number of pyridine rings is 2. The summed E-state index contributed by atoms with van der Waals surface area (Å²) in [6.45, 7) is 3.03. The van der Waals surface area contributed by atoms with E-state index < -0.39 is 0 Å². The lowest BCUT2D eigenvalue weighted by Crippen LogP contribution is -2.16. The molecule has 27 heavy (non-hydrogen) atoms. The molecule has 3 aromatic heterocycles. The second-order valence-electron chi connectivity index (χ2n) is 7.10. The molecule has 0 atom stereocenters. The van der Waals surface area contributed by atoms with Crippen molar-refractivity contribution in [1.82, 2.24) is 19.9 Å². The van der Waals surface area contributed by atoms with Gasteiger partial charge in [0, 0.05) is 48.5 Å². The van der Waals surface area contributed by atoms with Crippen LogP contribution in [-0.4, -0.2) is 33.4 Å². The highest BCUT2D eigenvalue weighted by Crippen LogP contribution is 2.34. The molecule has 5 rings (SSSR count). The molecule has 0 unspecified atom stereocenters. The summed E-state index contributed by atoms with van der Waals surface area (Å²) in [4.78, 5) is 14.6. The van der Waals surface area contributed by atoms with E-state index in [1.165, 1.54) is 33.2 Å². The molecule has 0 fully saturated rings. The topological polar surface area (TPSA) is 44.8 Å². The molecule has 0 aliphatic carbocycles. The Morgan fingerprint density at radius 1 is 1.04 bits per heavy atom. The van der Waals surface area contributed by atoms with Gasteiger partial charge >= 0.3 is 0 Å². The Balaban J connectivity index is 1.75. The number of rotatable bonds is 2. The molecule has 4 aromatic rings. The molecule has 0 bridgehead atoms. The van der Waals surface area contributed by atoms with Crippen LogP contribution in [0, 0.1) is 6.92 Å². The minimum absolute atomic E-state index is 0.899. The quantitative estimate of drug-likeness (QED) is 0.556. The van der Waals surface area contributed by atoms with Gasteiger partial charge in [-0.25, -0.2) is 4.98 Å². The van der Waals surface area contributed by atoms with Crippen molar-refractivity contribution in [3.05, 3.63) is 78.4 Å². The molecule has 1 N–H and O–H groups in total. The van der Waals surface area contributed by atoms with Crippen molar-refractivity contribution in [2.75, 3.05) is 13.6 Å². The van der Waals surface area contributed by atoms with Crippen LogP contribution < -0.4 is 0 Å². The number of hydrogen-bond donors (Lipinski definition) is 1. The first-order chi connectivity index (χ1) is 13.2. The van der Waals surface area contributed by atoms with Crippen LogP contribution in [0.25, 0.3) is 38.6 Å². The SMILES string of the molecule is Cc1cc(-c2c[nH]c3ncccc23)cc2c(C3=CC=CN(C)C3)ccnc12. The predicted molar refractivity (Wildman–Crippen MR) is 111 cm³/mol. The van der Waals surface area contributed by atoms with E-state index >= 15 is 0 Å². The number of aromatic amines is 1. The van der Waals surface area contributed by atoms with Gasteiger partial charge in [-0.15, -0.1) is 0 Å². The van der Waals surface area contributed by atoms with Gasteiger partial charge in [0.05, 0.1) is 5.52 Å². The lowest BCUT2D eigenvalue weighted by molar-refractivity contribution is 0.513. The monoisotopic (exact) mass is 352 g/mol. The van der Waals surface area contributed by atoms with Crippen molar-refractivity contribution in [1.29, 1.82) is 0 Å². The number of likely N-dealkylation sites (N-methyl/N-ethyl adjacent to an activating group) is 1. The molecule has 4 heteroatoms. The van der Waals surface area contributed by atoms with Crippen LogP contribution in [0.3, 0.4) is 0 Å². The van der Waals surface area contributed by atoms with Gasteiger partial charge in [0.25, 0.3) is 0 Å². The van der Waals surface area contributed by atoms with Crippen molar-refractivity contribution in [2.24, 2.45) is 0 Å². The third-order valence-corrected chi connectivity index (χ3v) is 5.20. The second kappa shape index (κ2) is 6.09. The summed E-state index contributed by atoms with van der Waals surface area (Å²) < 4.78 is 0. The van der Waals surface area contributed by atoms with E-state index in [4.69, 9.17) is 0 Å². The average molecular weight is 352 g/mol. The molecule has 4 nitrogen and oxygen atoms in total. The molecule has 0 spiro atoms. The Morgan fingerprint density at radius 3 is 2.85 bits per heavy atom. The van der Waals surface area contributed by atoms with Crippen molar-refractivity contribution in [2.45, 2.75) is 6.92 Å². The summed E-state index contributed by atoms with van der Waals surface area (Å²) in [6, 6.07) is 10.7. The zero-order valence-electron chi connectivity index (χ0n) is 15.4. The zero-order chi connectivity index (χ0) is 18.4. The number of aryl methyl sites for hydroxylation is 1. The summed E-state index contributed by atoms with van der Waals surface area (Å²) in [5.41, 5.74) is 8.08. The fourth-order valence-electron chi connectivity index (χ4n) is 3.92. The third-order valence-electron chi connectivity index (χ3n) is 5.20. The Hall–Kier alpha value is -3.40. The minimum Gasteiger partial charge on any atom is -0.376 e. The molecule has 0 saturated heterocycles. The van der Waals surface area contributed by atoms with Gasteiger partial charge in [0.2, 0.25) is 0 Å². The van der Waals surface area contributed by atoms with Gasteiger partial charge in [-0.2, -0.15) is 0 Å². The normalized spacial score (nSPS) is 14.1. The highest BCUT2D eigenvalue weighted by molar-refractivity contribution is 6.00. The number of aromatic nitrogens is 3. The first kappa shape index (κ1) is 15.8. The minimum atomic E-state index is 0.899.